The molecule has 2 aromatic rings. The average Bonchev–Trinajstić information content (AvgIpc) is 2.20. The van der Waals surface area contributed by atoms with Crippen molar-refractivity contribution in [3.63, 3.8) is 0 Å². The van der Waals surface area contributed by atoms with Gasteiger partial charge >= 0.3 is 0 Å². The molecule has 2 rings (SSSR count). The van der Waals surface area contributed by atoms with E-state index in [-0.39, 0.29) is 0 Å². The second kappa shape index (κ2) is 3.75. The van der Waals surface area contributed by atoms with Crippen LogP contribution in [0.2, 0.25) is 0 Å². The Labute approximate surface area is 90.1 Å². The Hall–Kier alpha value is -1.42. The van der Waals surface area contributed by atoms with Crippen LogP contribution < -0.4 is 5.73 Å². The summed E-state index contributed by atoms with van der Waals surface area (Å²) in [4.78, 5) is 7.97. The molecule has 0 spiro atoms. The normalized spacial score (nSPS) is 10.1. The van der Waals surface area contributed by atoms with Crippen LogP contribution in [0.25, 0.3) is 11.3 Å². The highest BCUT2D eigenvalue weighted by atomic mass is 79.9. The number of nitrogens with two attached hydrogens (primary N) is 1. The van der Waals surface area contributed by atoms with Gasteiger partial charge in [-0.15, -0.1) is 0 Å². The highest BCUT2D eigenvalue weighted by Crippen LogP contribution is 2.23. The Kier molecular flexibility index (Phi) is 2.45. The number of halogens is 1. The Bertz CT molecular complexity index is 439. The van der Waals surface area contributed by atoms with Crippen molar-refractivity contribution in [3.8, 4) is 11.3 Å². The lowest BCUT2D eigenvalue weighted by molar-refractivity contribution is 1.18. The number of hydrogen-bond acceptors (Lipinski definition) is 3. The van der Waals surface area contributed by atoms with Gasteiger partial charge in [-0.3, -0.25) is 0 Å². The number of anilines is 1. The third-order valence-corrected chi connectivity index (χ3v) is 2.39. The Morgan fingerprint density at radius 1 is 1.14 bits per heavy atom. The summed E-state index contributed by atoms with van der Waals surface area (Å²) in [6, 6.07) is 7.83. The van der Waals surface area contributed by atoms with Gasteiger partial charge in [0.05, 0.1) is 17.6 Å². The first kappa shape index (κ1) is 9.15. The summed E-state index contributed by atoms with van der Waals surface area (Å²) in [6.45, 7) is 0. The van der Waals surface area contributed by atoms with Crippen LogP contribution in [0, 0.1) is 0 Å². The van der Waals surface area contributed by atoms with Gasteiger partial charge < -0.3 is 5.73 Å². The molecule has 4 heteroatoms. The molecular formula is C10H8BrN3. The molecule has 0 radical (unpaired) electrons. The van der Waals surface area contributed by atoms with Crippen molar-refractivity contribution in [2.24, 2.45) is 0 Å². The first-order valence-electron chi connectivity index (χ1n) is 4.09. The van der Waals surface area contributed by atoms with Gasteiger partial charge in [0, 0.05) is 10.0 Å². The maximum absolute atomic E-state index is 5.75. The van der Waals surface area contributed by atoms with Gasteiger partial charge in [0.1, 0.15) is 6.33 Å². The number of benzene rings is 1. The summed E-state index contributed by atoms with van der Waals surface area (Å²) in [5.74, 6) is 0. The monoisotopic (exact) mass is 249 g/mol. The van der Waals surface area contributed by atoms with E-state index in [1.54, 1.807) is 6.20 Å². The molecule has 0 unspecified atom stereocenters. The zero-order valence-electron chi connectivity index (χ0n) is 7.31. The second-order valence-electron chi connectivity index (χ2n) is 2.83. The first-order chi connectivity index (χ1) is 6.77. The lowest BCUT2D eigenvalue weighted by Gasteiger charge is -2.02. The summed E-state index contributed by atoms with van der Waals surface area (Å²) in [5.41, 5.74) is 8.11. The molecule has 0 amide bonds. The predicted molar refractivity (Wildman–Crippen MR) is 59.6 cm³/mol. The van der Waals surface area contributed by atoms with Crippen molar-refractivity contribution in [2.75, 3.05) is 5.73 Å². The van der Waals surface area contributed by atoms with Gasteiger partial charge in [0.2, 0.25) is 0 Å². The number of hydrogen-bond donors (Lipinski definition) is 1. The molecule has 0 fully saturated rings. The average molecular weight is 250 g/mol. The third-order valence-electron chi connectivity index (χ3n) is 1.86. The van der Waals surface area contributed by atoms with E-state index in [2.05, 4.69) is 25.9 Å². The number of nitrogens with zero attached hydrogens (tertiary/aromatic N) is 2. The summed E-state index contributed by atoms with van der Waals surface area (Å²) >= 11 is 3.37. The molecule has 0 aliphatic carbocycles. The lowest BCUT2D eigenvalue weighted by atomic mass is 10.1. The van der Waals surface area contributed by atoms with Crippen LogP contribution in [0.4, 0.5) is 5.69 Å². The van der Waals surface area contributed by atoms with Gasteiger partial charge in [-0.2, -0.15) is 0 Å². The van der Waals surface area contributed by atoms with Crippen LogP contribution in [0.1, 0.15) is 0 Å². The number of aromatic nitrogens is 2. The minimum atomic E-state index is 0.592. The fraction of sp³-hybridized carbons (Fsp3) is 0. The van der Waals surface area contributed by atoms with E-state index in [9.17, 15) is 0 Å². The molecule has 1 heterocycles. The lowest BCUT2D eigenvalue weighted by Crippen LogP contribution is -1.93. The Morgan fingerprint density at radius 2 is 1.86 bits per heavy atom. The smallest absolute Gasteiger partial charge is 0.116 e. The van der Waals surface area contributed by atoms with Crippen molar-refractivity contribution in [1.29, 1.82) is 0 Å². The molecule has 0 saturated carbocycles. The van der Waals surface area contributed by atoms with Crippen LogP contribution in [0.3, 0.4) is 0 Å². The Balaban J connectivity index is 2.50. The van der Waals surface area contributed by atoms with Crippen molar-refractivity contribution in [1.82, 2.24) is 9.97 Å². The second-order valence-corrected chi connectivity index (χ2v) is 3.75. The van der Waals surface area contributed by atoms with E-state index in [1.165, 1.54) is 6.33 Å². The molecule has 0 bridgehead atoms. The minimum absolute atomic E-state index is 0.592. The molecule has 0 saturated heterocycles. The van der Waals surface area contributed by atoms with Gasteiger partial charge in [0.25, 0.3) is 0 Å². The summed E-state index contributed by atoms with van der Waals surface area (Å²) < 4.78 is 1.04. The molecule has 1 aromatic carbocycles. The highest BCUT2D eigenvalue weighted by molar-refractivity contribution is 9.10. The molecule has 70 valence electrons. The summed E-state index contributed by atoms with van der Waals surface area (Å²) in [6.07, 6.45) is 3.10. The summed E-state index contributed by atoms with van der Waals surface area (Å²) in [7, 11) is 0. The SMILES string of the molecule is Nc1cncnc1-c1ccc(Br)cc1. The van der Waals surface area contributed by atoms with Crippen LogP contribution >= 0.6 is 15.9 Å². The zero-order chi connectivity index (χ0) is 9.97. The molecule has 0 atom stereocenters. The summed E-state index contributed by atoms with van der Waals surface area (Å²) in [5, 5.41) is 0. The molecular weight excluding hydrogens is 242 g/mol. The van der Waals surface area contributed by atoms with E-state index in [4.69, 9.17) is 5.73 Å². The molecule has 3 nitrogen and oxygen atoms in total. The third kappa shape index (κ3) is 1.75. The van der Waals surface area contributed by atoms with Crippen molar-refractivity contribution in [3.05, 3.63) is 41.3 Å². The number of nitrogen functional groups attached to an aromatic ring is 1. The number of rotatable bonds is 1. The van der Waals surface area contributed by atoms with Gasteiger partial charge in [-0.25, -0.2) is 9.97 Å². The van der Waals surface area contributed by atoms with Crippen LogP contribution in [0.15, 0.2) is 41.3 Å². The minimum Gasteiger partial charge on any atom is -0.396 e. The van der Waals surface area contributed by atoms with E-state index in [0.29, 0.717) is 5.69 Å². The first-order valence-corrected chi connectivity index (χ1v) is 4.88. The highest BCUT2D eigenvalue weighted by Gasteiger charge is 2.02. The zero-order valence-corrected chi connectivity index (χ0v) is 8.90. The van der Waals surface area contributed by atoms with E-state index < -0.39 is 0 Å². The fourth-order valence-electron chi connectivity index (χ4n) is 1.19. The van der Waals surface area contributed by atoms with E-state index >= 15 is 0 Å². The molecule has 2 N–H and O–H groups in total. The molecule has 1 aromatic heterocycles. The van der Waals surface area contributed by atoms with Crippen LogP contribution in [0.5, 0.6) is 0 Å². The fourth-order valence-corrected chi connectivity index (χ4v) is 1.45. The molecule has 0 aliphatic rings. The van der Waals surface area contributed by atoms with Crippen LogP contribution in [-0.4, -0.2) is 9.97 Å². The largest absolute Gasteiger partial charge is 0.396 e. The standard InChI is InChI=1S/C10H8BrN3/c11-8-3-1-7(2-4-8)10-9(12)5-13-6-14-10/h1-6H,12H2. The van der Waals surface area contributed by atoms with Crippen molar-refractivity contribution < 1.29 is 0 Å². The molecule has 14 heavy (non-hydrogen) atoms. The molecule has 0 aliphatic heterocycles. The maximum Gasteiger partial charge on any atom is 0.116 e. The van der Waals surface area contributed by atoms with Gasteiger partial charge in [-0.05, 0) is 12.1 Å². The van der Waals surface area contributed by atoms with Gasteiger partial charge in [0.15, 0.2) is 0 Å². The van der Waals surface area contributed by atoms with Crippen molar-refractivity contribution in [2.45, 2.75) is 0 Å². The topological polar surface area (TPSA) is 51.8 Å². The Morgan fingerprint density at radius 3 is 2.50 bits per heavy atom. The predicted octanol–water partition coefficient (Wildman–Crippen LogP) is 2.49. The van der Waals surface area contributed by atoms with E-state index in [0.717, 1.165) is 15.7 Å². The van der Waals surface area contributed by atoms with Crippen molar-refractivity contribution >= 4 is 21.6 Å². The van der Waals surface area contributed by atoms with Crippen LogP contribution in [-0.2, 0) is 0 Å². The van der Waals surface area contributed by atoms with Gasteiger partial charge in [-0.1, -0.05) is 28.1 Å². The van der Waals surface area contributed by atoms with E-state index in [1.807, 2.05) is 24.3 Å². The maximum atomic E-state index is 5.75. The quantitative estimate of drug-likeness (QED) is 0.845.